The molecule has 1 amide bonds. The lowest BCUT2D eigenvalue weighted by Crippen LogP contribution is -2.43. The minimum atomic E-state index is -0.394. The Morgan fingerprint density at radius 3 is 2.82 bits per heavy atom. The normalized spacial score (nSPS) is 38.9. The highest BCUT2D eigenvalue weighted by atomic mass is 16.5. The Labute approximate surface area is 228 Å². The summed E-state index contributed by atoms with van der Waals surface area (Å²) in [6.07, 6.45) is 20.2. The van der Waals surface area contributed by atoms with Gasteiger partial charge in [0.25, 0.3) is 0 Å². The van der Waals surface area contributed by atoms with Crippen LogP contribution in [0.25, 0.3) is 0 Å². The third-order valence-electron chi connectivity index (χ3n) is 8.36. The second-order valence-electron chi connectivity index (χ2n) is 11.9. The molecule has 38 heavy (non-hydrogen) atoms. The predicted octanol–water partition coefficient (Wildman–Crippen LogP) is 5.20. The first-order valence-electron chi connectivity index (χ1n) is 14.4. The second-order valence-corrected chi connectivity index (χ2v) is 11.9. The van der Waals surface area contributed by atoms with Crippen LogP contribution in [-0.4, -0.2) is 61.3 Å². The van der Waals surface area contributed by atoms with Gasteiger partial charge in [-0.1, -0.05) is 61.1 Å². The fraction of sp³-hybridized carbons (Fsp3) is 0.656. The molecule has 1 fully saturated rings. The highest BCUT2D eigenvalue weighted by molar-refractivity contribution is 5.87. The van der Waals surface area contributed by atoms with E-state index in [-0.39, 0.29) is 42.3 Å². The first kappa shape index (κ1) is 29.0. The molecule has 0 aromatic rings. The van der Waals surface area contributed by atoms with E-state index in [4.69, 9.17) is 14.2 Å². The average Bonchev–Trinajstić information content (AvgIpc) is 3.63. The van der Waals surface area contributed by atoms with Crippen molar-refractivity contribution < 1.29 is 24.1 Å². The number of amides is 1. The molecule has 4 rings (SSSR count). The first-order valence-corrected chi connectivity index (χ1v) is 14.4. The summed E-state index contributed by atoms with van der Waals surface area (Å²) in [5.74, 6) is 0.909. The number of ether oxygens (including phenoxy) is 3. The number of fused-ring (bicyclic) bond motifs is 3. The molecule has 4 aliphatic rings. The standard InChI is InChI=1S/C32H47NO5/c1-21-13-14-37-26(16-21)11-12-31(36-4)29-20-24-19-28(24)30(34)18-23(3)15-22(2)17-27-9-5-7-25(38-27)8-6-10-32(35)33-29/h5-7,10-13,22,24-31,34H,3,8-9,14-20H2,1-2,4H3,(H,33,35)/b10-6+,12-11+/t22-,24+,25-,26+,27-,28+,29-,30-,31-/m0/s1. The number of aliphatic hydroxyl groups excluding tert-OH is 1. The molecule has 0 aromatic carbocycles. The van der Waals surface area contributed by atoms with E-state index < -0.39 is 6.10 Å². The van der Waals surface area contributed by atoms with Crippen LogP contribution >= 0.6 is 0 Å². The fourth-order valence-electron chi connectivity index (χ4n) is 6.23. The molecular weight excluding hydrogens is 478 g/mol. The van der Waals surface area contributed by atoms with E-state index in [9.17, 15) is 9.90 Å². The summed E-state index contributed by atoms with van der Waals surface area (Å²) >= 11 is 0. The van der Waals surface area contributed by atoms with Crippen LogP contribution in [0.4, 0.5) is 0 Å². The average molecular weight is 526 g/mol. The molecule has 3 heterocycles. The van der Waals surface area contributed by atoms with Crippen LogP contribution in [0, 0.1) is 17.8 Å². The van der Waals surface area contributed by atoms with Gasteiger partial charge in [0.05, 0.1) is 43.2 Å². The van der Waals surface area contributed by atoms with Crippen LogP contribution in [0.2, 0.25) is 0 Å². The van der Waals surface area contributed by atoms with E-state index in [1.165, 1.54) is 5.57 Å². The van der Waals surface area contributed by atoms with Gasteiger partial charge < -0.3 is 24.6 Å². The summed E-state index contributed by atoms with van der Waals surface area (Å²) in [5.41, 5.74) is 2.44. The van der Waals surface area contributed by atoms with Gasteiger partial charge in [-0.05, 0) is 82.1 Å². The molecule has 6 nitrogen and oxygen atoms in total. The lowest BCUT2D eigenvalue weighted by atomic mass is 9.90. The molecule has 1 aliphatic carbocycles. The van der Waals surface area contributed by atoms with Gasteiger partial charge in [0.2, 0.25) is 5.91 Å². The molecule has 0 aromatic heterocycles. The predicted molar refractivity (Wildman–Crippen MR) is 151 cm³/mol. The SMILES string of the molecule is C=C1C[C@H](C)C[C@@H]2CC=C[C@@H](C/C=C/C(=O)N[C@H]([C@H](/C=C/[C@@H]3CC(C)=CCO3)OC)C[C@H]3C[C@H]3[C@@H](O)C1)O2. The Morgan fingerprint density at radius 2 is 2.03 bits per heavy atom. The molecule has 6 heteroatoms. The number of hydrogen-bond donors (Lipinski definition) is 2. The fourth-order valence-corrected chi connectivity index (χ4v) is 6.23. The van der Waals surface area contributed by atoms with Crippen LogP contribution in [0.1, 0.15) is 65.2 Å². The maximum absolute atomic E-state index is 13.0. The van der Waals surface area contributed by atoms with Crippen molar-refractivity contribution in [3.8, 4) is 0 Å². The van der Waals surface area contributed by atoms with Crippen LogP contribution in [0.15, 0.2) is 60.3 Å². The van der Waals surface area contributed by atoms with Crippen molar-refractivity contribution >= 4 is 5.91 Å². The number of carbonyl (C=O) groups is 1. The van der Waals surface area contributed by atoms with E-state index in [0.717, 1.165) is 44.1 Å². The largest absolute Gasteiger partial charge is 0.392 e. The van der Waals surface area contributed by atoms with Crippen molar-refractivity contribution in [1.29, 1.82) is 0 Å². The summed E-state index contributed by atoms with van der Waals surface area (Å²) in [5, 5.41) is 14.2. The van der Waals surface area contributed by atoms with Crippen molar-refractivity contribution in [3.05, 3.63) is 60.3 Å². The molecule has 0 spiro atoms. The van der Waals surface area contributed by atoms with Gasteiger partial charge in [0, 0.05) is 7.11 Å². The van der Waals surface area contributed by atoms with Crippen LogP contribution in [-0.2, 0) is 19.0 Å². The number of rotatable bonds is 4. The molecule has 2 bridgehead atoms. The van der Waals surface area contributed by atoms with Crippen LogP contribution in [0.3, 0.4) is 0 Å². The van der Waals surface area contributed by atoms with Gasteiger partial charge in [-0.15, -0.1) is 0 Å². The minimum absolute atomic E-state index is 0.0143. The molecule has 1 saturated carbocycles. The maximum atomic E-state index is 13.0. The Bertz CT molecular complexity index is 936. The van der Waals surface area contributed by atoms with Gasteiger partial charge in [-0.3, -0.25) is 4.79 Å². The van der Waals surface area contributed by atoms with Crippen molar-refractivity contribution in [2.24, 2.45) is 17.8 Å². The van der Waals surface area contributed by atoms with Gasteiger partial charge in [0.15, 0.2) is 0 Å². The first-order chi connectivity index (χ1) is 18.3. The van der Waals surface area contributed by atoms with Crippen molar-refractivity contribution in [3.63, 3.8) is 0 Å². The summed E-state index contributed by atoms with van der Waals surface area (Å²) < 4.78 is 18.0. The van der Waals surface area contributed by atoms with Crippen molar-refractivity contribution in [1.82, 2.24) is 5.32 Å². The monoisotopic (exact) mass is 525 g/mol. The Kier molecular flexibility index (Phi) is 10.6. The summed E-state index contributed by atoms with van der Waals surface area (Å²) in [4.78, 5) is 13.0. The molecule has 9 atom stereocenters. The molecule has 3 aliphatic heterocycles. The number of nitrogens with one attached hydrogen (secondary N) is 1. The Hall–Kier alpha value is -1.99. The smallest absolute Gasteiger partial charge is 0.243 e. The van der Waals surface area contributed by atoms with Gasteiger partial charge in [0.1, 0.15) is 0 Å². The molecule has 0 saturated heterocycles. The zero-order chi connectivity index (χ0) is 27.1. The highest BCUT2D eigenvalue weighted by Gasteiger charge is 2.44. The van der Waals surface area contributed by atoms with Gasteiger partial charge >= 0.3 is 0 Å². The lowest BCUT2D eigenvalue weighted by molar-refractivity contribution is -0.118. The molecular formula is C32H47NO5. The third kappa shape index (κ3) is 8.77. The third-order valence-corrected chi connectivity index (χ3v) is 8.36. The molecule has 2 N–H and O–H groups in total. The highest BCUT2D eigenvalue weighted by Crippen LogP contribution is 2.46. The summed E-state index contributed by atoms with van der Waals surface area (Å²) in [7, 11) is 1.68. The maximum Gasteiger partial charge on any atom is 0.243 e. The summed E-state index contributed by atoms with van der Waals surface area (Å²) in [6.45, 7) is 9.28. The van der Waals surface area contributed by atoms with Crippen LogP contribution < -0.4 is 5.32 Å². The Balaban J connectivity index is 1.47. The van der Waals surface area contributed by atoms with Gasteiger partial charge in [-0.2, -0.15) is 0 Å². The minimum Gasteiger partial charge on any atom is -0.392 e. The van der Waals surface area contributed by atoms with E-state index in [1.54, 1.807) is 13.2 Å². The van der Waals surface area contributed by atoms with E-state index in [1.807, 2.05) is 12.2 Å². The van der Waals surface area contributed by atoms with E-state index >= 15 is 0 Å². The zero-order valence-corrected chi connectivity index (χ0v) is 23.4. The molecule has 210 valence electrons. The van der Waals surface area contributed by atoms with Gasteiger partial charge in [-0.25, -0.2) is 0 Å². The lowest BCUT2D eigenvalue weighted by Gasteiger charge is -2.28. The summed E-state index contributed by atoms with van der Waals surface area (Å²) in [6, 6.07) is -0.201. The second kappa shape index (κ2) is 13.9. The van der Waals surface area contributed by atoms with Crippen molar-refractivity contribution in [2.75, 3.05) is 13.7 Å². The van der Waals surface area contributed by atoms with Crippen molar-refractivity contribution in [2.45, 2.75) is 102 Å². The van der Waals surface area contributed by atoms with E-state index in [0.29, 0.717) is 31.3 Å². The van der Waals surface area contributed by atoms with Crippen LogP contribution in [0.5, 0.6) is 0 Å². The molecule has 0 unspecified atom stereocenters. The number of aliphatic hydroxyl groups is 1. The zero-order valence-electron chi connectivity index (χ0n) is 23.4. The quantitative estimate of drug-likeness (QED) is 0.494. The topological polar surface area (TPSA) is 77.0 Å². The van der Waals surface area contributed by atoms with E-state index in [2.05, 4.69) is 50.0 Å². The Morgan fingerprint density at radius 1 is 1.18 bits per heavy atom. The number of hydrogen-bond acceptors (Lipinski definition) is 5. The number of methoxy groups -OCH3 is 1. The number of carbonyl (C=O) groups excluding carboxylic acids is 1. The molecule has 0 radical (unpaired) electrons.